The van der Waals surface area contributed by atoms with Crippen molar-refractivity contribution in [1.82, 2.24) is 14.9 Å². The molecule has 1 aromatic carbocycles. The molecule has 1 heterocycles. The van der Waals surface area contributed by atoms with E-state index in [1.165, 1.54) is 5.56 Å². The highest BCUT2D eigenvalue weighted by molar-refractivity contribution is 5.77. The number of aromatic nitrogens is 2. The summed E-state index contributed by atoms with van der Waals surface area (Å²) in [6.45, 7) is 4.50. The number of rotatable bonds is 11. The molecule has 0 aliphatic heterocycles. The first-order valence-electron chi connectivity index (χ1n) is 9.11. The summed E-state index contributed by atoms with van der Waals surface area (Å²) in [5.74, 6) is -1.96. The van der Waals surface area contributed by atoms with Gasteiger partial charge in [0.15, 0.2) is 0 Å². The third-order valence-electron chi connectivity index (χ3n) is 4.40. The molecular formula is C20H27N3O4. The van der Waals surface area contributed by atoms with Crippen LogP contribution in [0.25, 0.3) is 0 Å². The van der Waals surface area contributed by atoms with Gasteiger partial charge in [0, 0.05) is 24.9 Å². The lowest BCUT2D eigenvalue weighted by atomic mass is 10.0. The minimum atomic E-state index is -1.07. The Kier molecular flexibility index (Phi) is 7.55. The predicted octanol–water partition coefficient (Wildman–Crippen LogP) is 2.21. The van der Waals surface area contributed by atoms with Gasteiger partial charge < -0.3 is 14.8 Å². The van der Waals surface area contributed by atoms with E-state index in [1.54, 1.807) is 12.5 Å². The number of benzene rings is 1. The van der Waals surface area contributed by atoms with E-state index in [4.69, 9.17) is 0 Å². The van der Waals surface area contributed by atoms with Gasteiger partial charge >= 0.3 is 11.9 Å². The fourth-order valence-corrected chi connectivity index (χ4v) is 2.99. The maximum atomic E-state index is 11.7. The molecule has 1 aromatic heterocycles. The molecular weight excluding hydrogens is 346 g/mol. The van der Waals surface area contributed by atoms with E-state index in [2.05, 4.69) is 10.3 Å². The average Bonchev–Trinajstić information content (AvgIpc) is 3.06. The van der Waals surface area contributed by atoms with Crippen LogP contribution in [0.15, 0.2) is 42.9 Å². The molecule has 0 unspecified atom stereocenters. The summed E-state index contributed by atoms with van der Waals surface area (Å²) in [7, 11) is 0. The van der Waals surface area contributed by atoms with Crippen LogP contribution in [0.3, 0.4) is 0 Å². The molecule has 7 heteroatoms. The Labute approximate surface area is 159 Å². The standard InChI is InChI=1S/C20H27N3O4/c1-14(2)10-17(19(24)25)22-18(20(26)27)11-16-12-21-13-23(16)9-8-15-6-4-3-5-7-15/h3-7,12-14,17-18,22H,8-11H2,1-2H3,(H,24,25)(H,26,27)/t17-,18-/m0/s1. The number of hydrogen-bond acceptors (Lipinski definition) is 4. The van der Waals surface area contributed by atoms with Crippen LogP contribution in [0.2, 0.25) is 0 Å². The number of carboxylic acids is 2. The van der Waals surface area contributed by atoms with Crippen molar-refractivity contribution in [2.75, 3.05) is 0 Å². The largest absolute Gasteiger partial charge is 0.480 e. The number of nitrogens with one attached hydrogen (secondary N) is 1. The van der Waals surface area contributed by atoms with E-state index in [1.807, 2.05) is 48.7 Å². The van der Waals surface area contributed by atoms with Gasteiger partial charge in [0.05, 0.1) is 6.33 Å². The van der Waals surface area contributed by atoms with Gasteiger partial charge in [-0.2, -0.15) is 0 Å². The molecule has 0 aliphatic carbocycles. The van der Waals surface area contributed by atoms with Crippen LogP contribution >= 0.6 is 0 Å². The van der Waals surface area contributed by atoms with Gasteiger partial charge in [-0.25, -0.2) is 4.98 Å². The van der Waals surface area contributed by atoms with E-state index in [9.17, 15) is 19.8 Å². The molecule has 0 aliphatic rings. The third kappa shape index (κ3) is 6.53. The monoisotopic (exact) mass is 373 g/mol. The highest BCUT2D eigenvalue weighted by atomic mass is 16.4. The fraction of sp³-hybridized carbons (Fsp3) is 0.450. The summed E-state index contributed by atoms with van der Waals surface area (Å²) in [5, 5.41) is 21.7. The van der Waals surface area contributed by atoms with Gasteiger partial charge in [-0.05, 0) is 24.3 Å². The van der Waals surface area contributed by atoms with Crippen molar-refractivity contribution in [1.29, 1.82) is 0 Å². The van der Waals surface area contributed by atoms with Crippen LogP contribution in [0.1, 0.15) is 31.5 Å². The molecule has 0 amide bonds. The molecule has 7 nitrogen and oxygen atoms in total. The summed E-state index contributed by atoms with van der Waals surface area (Å²) in [6, 6.07) is 8.13. The van der Waals surface area contributed by atoms with Gasteiger partial charge in [0.2, 0.25) is 0 Å². The Morgan fingerprint density at radius 2 is 1.78 bits per heavy atom. The summed E-state index contributed by atoms with van der Waals surface area (Å²) >= 11 is 0. The summed E-state index contributed by atoms with van der Waals surface area (Å²) in [4.78, 5) is 27.3. The third-order valence-corrected chi connectivity index (χ3v) is 4.40. The van der Waals surface area contributed by atoms with Crippen molar-refractivity contribution >= 4 is 11.9 Å². The van der Waals surface area contributed by atoms with Crippen molar-refractivity contribution < 1.29 is 19.8 Å². The normalized spacial score (nSPS) is 13.4. The molecule has 2 atom stereocenters. The van der Waals surface area contributed by atoms with Crippen molar-refractivity contribution in [3.63, 3.8) is 0 Å². The second-order valence-electron chi connectivity index (χ2n) is 7.10. The molecule has 3 N–H and O–H groups in total. The predicted molar refractivity (Wildman–Crippen MR) is 102 cm³/mol. The Morgan fingerprint density at radius 3 is 2.37 bits per heavy atom. The lowest BCUT2D eigenvalue weighted by Crippen LogP contribution is -2.49. The molecule has 0 saturated heterocycles. The van der Waals surface area contributed by atoms with Crippen LogP contribution in [0.5, 0.6) is 0 Å². The summed E-state index contributed by atoms with van der Waals surface area (Å²) in [6.07, 6.45) is 4.67. The maximum Gasteiger partial charge on any atom is 0.321 e. The lowest BCUT2D eigenvalue weighted by Gasteiger charge is -2.22. The number of carbonyl (C=O) groups is 2. The van der Waals surface area contributed by atoms with E-state index < -0.39 is 24.0 Å². The van der Waals surface area contributed by atoms with Gasteiger partial charge in [0.25, 0.3) is 0 Å². The topological polar surface area (TPSA) is 104 Å². The second-order valence-corrected chi connectivity index (χ2v) is 7.10. The average molecular weight is 373 g/mol. The minimum absolute atomic E-state index is 0.143. The quantitative estimate of drug-likeness (QED) is 0.558. The number of hydrogen-bond donors (Lipinski definition) is 3. The lowest BCUT2D eigenvalue weighted by molar-refractivity contribution is -0.142. The fourth-order valence-electron chi connectivity index (χ4n) is 2.99. The molecule has 27 heavy (non-hydrogen) atoms. The van der Waals surface area contributed by atoms with Crippen LogP contribution in [-0.2, 0) is 29.0 Å². The highest BCUT2D eigenvalue weighted by Gasteiger charge is 2.27. The van der Waals surface area contributed by atoms with Crippen molar-refractivity contribution in [3.8, 4) is 0 Å². The molecule has 0 radical (unpaired) electrons. The molecule has 0 spiro atoms. The Bertz CT molecular complexity index is 743. The van der Waals surface area contributed by atoms with E-state index in [0.717, 1.165) is 12.1 Å². The molecule has 2 rings (SSSR count). The molecule has 0 fully saturated rings. The van der Waals surface area contributed by atoms with Gasteiger partial charge in [0.1, 0.15) is 12.1 Å². The molecule has 0 bridgehead atoms. The van der Waals surface area contributed by atoms with Crippen molar-refractivity contribution in [3.05, 3.63) is 54.1 Å². The Balaban J connectivity index is 2.05. The number of aliphatic carboxylic acids is 2. The number of aryl methyl sites for hydroxylation is 2. The molecule has 0 saturated carbocycles. The van der Waals surface area contributed by atoms with Crippen molar-refractivity contribution in [2.45, 2.75) is 51.7 Å². The maximum absolute atomic E-state index is 11.7. The number of carboxylic acid groups (broad SMARTS) is 2. The zero-order valence-electron chi connectivity index (χ0n) is 15.7. The summed E-state index contributed by atoms with van der Waals surface area (Å²) < 4.78 is 1.92. The van der Waals surface area contributed by atoms with Crippen LogP contribution in [0.4, 0.5) is 0 Å². The van der Waals surface area contributed by atoms with Crippen LogP contribution in [0, 0.1) is 5.92 Å². The smallest absolute Gasteiger partial charge is 0.321 e. The van der Waals surface area contributed by atoms with E-state index in [-0.39, 0.29) is 12.3 Å². The van der Waals surface area contributed by atoms with E-state index in [0.29, 0.717) is 13.0 Å². The Hall–Kier alpha value is -2.67. The Morgan fingerprint density at radius 1 is 1.11 bits per heavy atom. The van der Waals surface area contributed by atoms with Crippen LogP contribution in [-0.4, -0.2) is 43.8 Å². The summed E-state index contributed by atoms with van der Waals surface area (Å²) in [5.41, 5.74) is 1.95. The minimum Gasteiger partial charge on any atom is -0.480 e. The van der Waals surface area contributed by atoms with Crippen LogP contribution < -0.4 is 5.32 Å². The number of imidazole rings is 1. The highest BCUT2D eigenvalue weighted by Crippen LogP contribution is 2.11. The van der Waals surface area contributed by atoms with Crippen molar-refractivity contribution in [2.24, 2.45) is 5.92 Å². The van der Waals surface area contributed by atoms with Gasteiger partial charge in [-0.3, -0.25) is 14.9 Å². The molecule has 146 valence electrons. The zero-order valence-corrected chi connectivity index (χ0v) is 15.7. The van der Waals surface area contributed by atoms with Gasteiger partial charge in [-0.1, -0.05) is 44.2 Å². The second kappa shape index (κ2) is 9.87. The first-order valence-corrected chi connectivity index (χ1v) is 9.11. The van der Waals surface area contributed by atoms with E-state index >= 15 is 0 Å². The molecule has 2 aromatic rings. The SMILES string of the molecule is CC(C)C[C@H](N[C@@H](Cc1cncn1CCc1ccccc1)C(=O)O)C(=O)O. The first-order chi connectivity index (χ1) is 12.9. The first kappa shape index (κ1) is 20.6. The van der Waals surface area contributed by atoms with Gasteiger partial charge in [-0.15, -0.1) is 0 Å². The zero-order chi connectivity index (χ0) is 19.8. The number of nitrogens with zero attached hydrogens (tertiary/aromatic N) is 2.